The Balaban J connectivity index is 1.43. The van der Waals surface area contributed by atoms with E-state index in [1.807, 2.05) is 20.8 Å². The maximum Gasteiger partial charge on any atom is 0.410 e. The van der Waals surface area contributed by atoms with Gasteiger partial charge in [-0.3, -0.25) is 4.90 Å². The van der Waals surface area contributed by atoms with E-state index in [0.29, 0.717) is 0 Å². The molecule has 3 heterocycles. The van der Waals surface area contributed by atoms with E-state index in [0.717, 1.165) is 38.3 Å². The molecule has 6 nitrogen and oxygen atoms in total. The molecule has 1 spiro atoms. The van der Waals surface area contributed by atoms with Crippen LogP contribution in [0.5, 0.6) is 0 Å². The highest BCUT2D eigenvalue weighted by atomic mass is 35.5. The van der Waals surface area contributed by atoms with Crippen LogP contribution >= 0.6 is 11.6 Å². The third-order valence-electron chi connectivity index (χ3n) is 3.90. The van der Waals surface area contributed by atoms with Crippen LogP contribution in [0.15, 0.2) is 12.4 Å². The number of nitrogens with zero attached hydrogens (tertiary/aromatic N) is 4. The lowest BCUT2D eigenvalue weighted by atomic mass is 9.73. The van der Waals surface area contributed by atoms with E-state index in [2.05, 4.69) is 14.9 Å². The van der Waals surface area contributed by atoms with Crippen molar-refractivity contribution in [3.05, 3.63) is 23.2 Å². The van der Waals surface area contributed by atoms with Crippen molar-refractivity contribution in [2.45, 2.75) is 32.9 Å². The summed E-state index contributed by atoms with van der Waals surface area (Å²) in [6, 6.07) is 0. The Morgan fingerprint density at radius 1 is 1.27 bits per heavy atom. The minimum absolute atomic E-state index is 0.206. The van der Waals surface area contributed by atoms with Gasteiger partial charge in [0.25, 0.3) is 0 Å². The Morgan fingerprint density at radius 3 is 2.41 bits per heavy atom. The average molecular weight is 325 g/mol. The lowest BCUT2D eigenvalue weighted by Crippen LogP contribution is -2.72. The van der Waals surface area contributed by atoms with E-state index in [1.165, 1.54) is 0 Å². The number of carbonyl (C=O) groups is 1. The highest BCUT2D eigenvalue weighted by molar-refractivity contribution is 6.28. The molecule has 2 aliphatic rings. The first-order valence-electron chi connectivity index (χ1n) is 7.41. The Kier molecular flexibility index (Phi) is 3.77. The smallest absolute Gasteiger partial charge is 0.410 e. The molecule has 2 saturated heterocycles. The number of carbonyl (C=O) groups excluding carboxylic acids is 1. The predicted molar refractivity (Wildman–Crippen MR) is 82.6 cm³/mol. The molecule has 0 atom stereocenters. The van der Waals surface area contributed by atoms with Crippen molar-refractivity contribution in [3.8, 4) is 0 Å². The molecule has 0 unspecified atom stereocenters. The quantitative estimate of drug-likeness (QED) is 0.780. The standard InChI is InChI=1S/C15H21ClN4O2/c1-14(2,3)22-13(21)20-9-15(10-20)7-19(8-15)6-11-4-17-12(16)18-5-11/h4-5H,6-10H2,1-3H3. The van der Waals surface area contributed by atoms with Crippen molar-refractivity contribution in [1.29, 1.82) is 0 Å². The zero-order valence-electron chi connectivity index (χ0n) is 13.2. The normalized spacial score (nSPS) is 20.5. The fourth-order valence-electron chi connectivity index (χ4n) is 3.11. The van der Waals surface area contributed by atoms with Crippen molar-refractivity contribution in [2.75, 3.05) is 26.2 Å². The molecule has 1 aromatic rings. The molecule has 0 radical (unpaired) electrons. The number of halogens is 1. The molecule has 3 rings (SSSR count). The fraction of sp³-hybridized carbons (Fsp3) is 0.667. The number of ether oxygens (including phenoxy) is 1. The Morgan fingerprint density at radius 2 is 1.86 bits per heavy atom. The van der Waals surface area contributed by atoms with Crippen molar-refractivity contribution >= 4 is 17.7 Å². The van der Waals surface area contributed by atoms with Crippen LogP contribution in [-0.2, 0) is 11.3 Å². The second-order valence-electron chi connectivity index (χ2n) is 7.34. The zero-order chi connectivity index (χ0) is 16.0. The lowest BCUT2D eigenvalue weighted by molar-refractivity contribution is -0.115. The van der Waals surface area contributed by atoms with E-state index in [1.54, 1.807) is 17.3 Å². The highest BCUT2D eigenvalue weighted by Gasteiger charge is 2.53. The third kappa shape index (κ3) is 3.33. The van der Waals surface area contributed by atoms with Gasteiger partial charge in [0.2, 0.25) is 5.28 Å². The predicted octanol–water partition coefficient (Wildman–Crippen LogP) is 2.18. The zero-order valence-corrected chi connectivity index (χ0v) is 13.9. The van der Waals surface area contributed by atoms with E-state index in [-0.39, 0.29) is 16.8 Å². The molecule has 120 valence electrons. The Hall–Kier alpha value is -1.40. The maximum atomic E-state index is 11.9. The van der Waals surface area contributed by atoms with E-state index >= 15 is 0 Å². The van der Waals surface area contributed by atoms with Crippen LogP contribution in [0.4, 0.5) is 4.79 Å². The molecule has 1 amide bonds. The monoisotopic (exact) mass is 324 g/mol. The second-order valence-corrected chi connectivity index (χ2v) is 7.68. The summed E-state index contributed by atoms with van der Waals surface area (Å²) in [5.41, 5.74) is 0.882. The van der Waals surface area contributed by atoms with Gasteiger partial charge in [-0.25, -0.2) is 14.8 Å². The lowest BCUT2D eigenvalue weighted by Gasteiger charge is -2.60. The van der Waals surface area contributed by atoms with E-state index in [4.69, 9.17) is 16.3 Å². The molecule has 0 aromatic carbocycles. The molecule has 22 heavy (non-hydrogen) atoms. The molecule has 1 aromatic heterocycles. The first-order valence-corrected chi connectivity index (χ1v) is 7.79. The number of hydrogen-bond donors (Lipinski definition) is 0. The highest BCUT2D eigenvalue weighted by Crippen LogP contribution is 2.40. The number of amides is 1. The first-order chi connectivity index (χ1) is 10.2. The first kappa shape index (κ1) is 15.5. The van der Waals surface area contributed by atoms with E-state index < -0.39 is 5.60 Å². The van der Waals surface area contributed by atoms with Crippen LogP contribution in [0.2, 0.25) is 5.28 Å². The van der Waals surface area contributed by atoms with Gasteiger partial charge in [0, 0.05) is 56.1 Å². The second kappa shape index (κ2) is 5.35. The van der Waals surface area contributed by atoms with Gasteiger partial charge in [0.05, 0.1) is 0 Å². The summed E-state index contributed by atoms with van der Waals surface area (Å²) in [6.07, 6.45) is 3.31. The third-order valence-corrected chi connectivity index (χ3v) is 4.10. The van der Waals surface area contributed by atoms with Crippen LogP contribution in [0.3, 0.4) is 0 Å². The van der Waals surface area contributed by atoms with Gasteiger partial charge in [-0.15, -0.1) is 0 Å². The van der Waals surface area contributed by atoms with Gasteiger partial charge >= 0.3 is 6.09 Å². The molecular formula is C15H21ClN4O2. The van der Waals surface area contributed by atoms with Gasteiger partial charge < -0.3 is 9.64 Å². The molecular weight excluding hydrogens is 304 g/mol. The van der Waals surface area contributed by atoms with Crippen LogP contribution in [0.25, 0.3) is 0 Å². The minimum atomic E-state index is -0.430. The SMILES string of the molecule is CC(C)(C)OC(=O)N1CC2(CN(Cc3cnc(Cl)nc3)C2)C1. The Labute approximate surface area is 135 Å². The molecule has 2 fully saturated rings. The minimum Gasteiger partial charge on any atom is -0.444 e. The van der Waals surface area contributed by atoms with Crippen LogP contribution in [-0.4, -0.2) is 57.6 Å². The fourth-order valence-corrected chi connectivity index (χ4v) is 3.21. The largest absolute Gasteiger partial charge is 0.444 e. The maximum absolute atomic E-state index is 11.9. The van der Waals surface area contributed by atoms with Crippen LogP contribution < -0.4 is 0 Å². The van der Waals surface area contributed by atoms with Crippen molar-refractivity contribution < 1.29 is 9.53 Å². The molecule has 0 N–H and O–H groups in total. The summed E-state index contributed by atoms with van der Waals surface area (Å²) in [5.74, 6) is 0. The van der Waals surface area contributed by atoms with Gasteiger partial charge in [-0.05, 0) is 32.4 Å². The van der Waals surface area contributed by atoms with Crippen molar-refractivity contribution in [3.63, 3.8) is 0 Å². The summed E-state index contributed by atoms with van der Waals surface area (Å²) in [4.78, 5) is 24.0. The van der Waals surface area contributed by atoms with Gasteiger partial charge in [-0.1, -0.05) is 0 Å². The van der Waals surface area contributed by atoms with Gasteiger partial charge in [0.1, 0.15) is 5.60 Å². The van der Waals surface area contributed by atoms with Crippen LogP contribution in [0.1, 0.15) is 26.3 Å². The number of rotatable bonds is 2. The summed E-state index contributed by atoms with van der Waals surface area (Å²) < 4.78 is 5.38. The van der Waals surface area contributed by atoms with Crippen molar-refractivity contribution in [1.82, 2.24) is 19.8 Å². The van der Waals surface area contributed by atoms with Gasteiger partial charge in [0.15, 0.2) is 0 Å². The summed E-state index contributed by atoms with van der Waals surface area (Å²) >= 11 is 5.68. The average Bonchev–Trinajstić information content (AvgIpc) is 2.30. The topological polar surface area (TPSA) is 58.6 Å². The van der Waals surface area contributed by atoms with E-state index in [9.17, 15) is 4.79 Å². The molecule has 0 bridgehead atoms. The molecule has 0 aliphatic carbocycles. The summed E-state index contributed by atoms with van der Waals surface area (Å²) in [7, 11) is 0. The molecule has 2 aliphatic heterocycles. The number of hydrogen-bond acceptors (Lipinski definition) is 5. The number of likely N-dealkylation sites (tertiary alicyclic amines) is 2. The summed E-state index contributed by atoms with van der Waals surface area (Å²) in [5, 5.41) is 0.274. The number of aromatic nitrogens is 2. The van der Waals surface area contributed by atoms with Gasteiger partial charge in [-0.2, -0.15) is 0 Å². The summed E-state index contributed by atoms with van der Waals surface area (Å²) in [6.45, 7) is 10.1. The molecule has 0 saturated carbocycles. The van der Waals surface area contributed by atoms with Crippen molar-refractivity contribution in [2.24, 2.45) is 5.41 Å². The molecule has 7 heteroatoms. The van der Waals surface area contributed by atoms with Crippen LogP contribution in [0, 0.1) is 5.41 Å². The Bertz CT molecular complexity index is 556.